The van der Waals surface area contributed by atoms with Crippen molar-refractivity contribution >= 4 is 27.2 Å². The van der Waals surface area contributed by atoms with Crippen LogP contribution in [0.5, 0.6) is 0 Å². The van der Waals surface area contributed by atoms with Crippen molar-refractivity contribution in [3.8, 4) is 11.4 Å². The van der Waals surface area contributed by atoms with Crippen LogP contribution in [-0.2, 0) is 12.8 Å². The highest BCUT2D eigenvalue weighted by atomic mass is 32.1. The zero-order valence-corrected chi connectivity index (χ0v) is 13.5. The van der Waals surface area contributed by atoms with Gasteiger partial charge in [-0.15, -0.1) is 16.4 Å². The van der Waals surface area contributed by atoms with Crippen LogP contribution < -0.4 is 0 Å². The predicted molar refractivity (Wildman–Crippen MR) is 92.9 cm³/mol. The number of benzene rings is 1. The molecule has 5 rings (SSSR count). The second-order valence-electron chi connectivity index (χ2n) is 6.06. The lowest BCUT2D eigenvalue weighted by Crippen LogP contribution is -1.92. The number of nitrogens with zero attached hydrogens (tertiary/aromatic N) is 4. The molecule has 0 N–H and O–H groups in total. The van der Waals surface area contributed by atoms with Gasteiger partial charge in [-0.25, -0.2) is 14.5 Å². The van der Waals surface area contributed by atoms with Crippen molar-refractivity contribution in [2.45, 2.75) is 32.1 Å². The van der Waals surface area contributed by atoms with E-state index in [0.717, 1.165) is 28.3 Å². The van der Waals surface area contributed by atoms with Crippen LogP contribution >= 0.6 is 11.3 Å². The summed E-state index contributed by atoms with van der Waals surface area (Å²) in [5.74, 6) is 0.772. The summed E-state index contributed by atoms with van der Waals surface area (Å²) >= 11 is 1.84. The van der Waals surface area contributed by atoms with Crippen LogP contribution in [0.4, 0.5) is 0 Å². The quantitative estimate of drug-likeness (QED) is 0.492. The molecule has 4 aromatic rings. The fraction of sp³-hybridized carbons (Fsp3) is 0.278. The average Bonchev–Trinajstić information content (AvgIpc) is 3.09. The Kier molecular flexibility index (Phi) is 2.94. The summed E-state index contributed by atoms with van der Waals surface area (Å²) in [6, 6.07) is 10.1. The molecule has 1 aromatic carbocycles. The summed E-state index contributed by atoms with van der Waals surface area (Å²) < 4.78 is 1.84. The van der Waals surface area contributed by atoms with Crippen molar-refractivity contribution in [3.63, 3.8) is 0 Å². The highest BCUT2D eigenvalue weighted by Crippen LogP contribution is 2.36. The number of hydrogen-bond acceptors (Lipinski definition) is 4. The molecule has 1 aliphatic rings. The van der Waals surface area contributed by atoms with E-state index in [2.05, 4.69) is 10.1 Å². The van der Waals surface area contributed by atoms with Crippen LogP contribution in [0.15, 0.2) is 36.7 Å². The third kappa shape index (κ3) is 2.07. The van der Waals surface area contributed by atoms with E-state index in [1.807, 2.05) is 46.2 Å². The van der Waals surface area contributed by atoms with E-state index in [4.69, 9.17) is 4.98 Å². The molecular formula is C18H16N4S. The molecule has 0 bridgehead atoms. The first-order valence-electron chi connectivity index (χ1n) is 8.11. The summed E-state index contributed by atoms with van der Waals surface area (Å²) in [7, 11) is 0. The molecule has 0 radical (unpaired) electrons. The number of fused-ring (bicyclic) bond motifs is 5. The van der Waals surface area contributed by atoms with Crippen molar-refractivity contribution in [2.24, 2.45) is 0 Å². The maximum atomic E-state index is 4.84. The summed E-state index contributed by atoms with van der Waals surface area (Å²) in [6.45, 7) is 0. The molecule has 4 nitrogen and oxygen atoms in total. The van der Waals surface area contributed by atoms with Crippen LogP contribution in [0, 0.1) is 0 Å². The highest BCUT2D eigenvalue weighted by molar-refractivity contribution is 7.19. The molecule has 0 saturated heterocycles. The standard InChI is InChI=1S/C18H16N4S/c1-3-7-12(8-4-1)16-20-17-15-13-9-5-2-6-10-14(13)23-18(15)19-11-22(17)21-16/h1,3-4,7-8,11H,2,5-6,9-10H2. The first kappa shape index (κ1) is 13.2. The number of hydrogen-bond donors (Lipinski definition) is 0. The van der Waals surface area contributed by atoms with Crippen LogP contribution in [0.2, 0.25) is 0 Å². The maximum absolute atomic E-state index is 4.84. The Balaban J connectivity index is 1.79. The topological polar surface area (TPSA) is 43.1 Å². The Labute approximate surface area is 137 Å². The van der Waals surface area contributed by atoms with E-state index in [1.54, 1.807) is 6.33 Å². The number of aromatic nitrogens is 4. The van der Waals surface area contributed by atoms with Gasteiger partial charge in [0, 0.05) is 10.4 Å². The van der Waals surface area contributed by atoms with Gasteiger partial charge in [0.25, 0.3) is 0 Å². The maximum Gasteiger partial charge on any atom is 0.182 e. The third-order valence-electron chi connectivity index (χ3n) is 4.57. The molecule has 1 aliphatic carbocycles. The third-order valence-corrected chi connectivity index (χ3v) is 5.77. The molecule has 0 aliphatic heterocycles. The van der Waals surface area contributed by atoms with Crippen LogP contribution in [0.3, 0.4) is 0 Å². The van der Waals surface area contributed by atoms with E-state index in [0.29, 0.717) is 0 Å². The van der Waals surface area contributed by atoms with Crippen molar-refractivity contribution in [1.29, 1.82) is 0 Å². The highest BCUT2D eigenvalue weighted by Gasteiger charge is 2.20. The van der Waals surface area contributed by atoms with Crippen LogP contribution in [-0.4, -0.2) is 19.6 Å². The molecule has 23 heavy (non-hydrogen) atoms. The van der Waals surface area contributed by atoms with Gasteiger partial charge in [0.05, 0.1) is 5.39 Å². The number of rotatable bonds is 1. The number of thiophene rings is 1. The van der Waals surface area contributed by atoms with Gasteiger partial charge in [-0.2, -0.15) is 0 Å². The van der Waals surface area contributed by atoms with Gasteiger partial charge >= 0.3 is 0 Å². The van der Waals surface area contributed by atoms with Crippen LogP contribution in [0.1, 0.15) is 29.7 Å². The minimum atomic E-state index is 0.772. The summed E-state index contributed by atoms with van der Waals surface area (Å²) in [5.41, 5.74) is 3.46. The molecule has 3 heterocycles. The Bertz CT molecular complexity index is 1000. The zero-order valence-electron chi connectivity index (χ0n) is 12.7. The van der Waals surface area contributed by atoms with Crippen molar-refractivity contribution in [1.82, 2.24) is 19.6 Å². The lowest BCUT2D eigenvalue weighted by molar-refractivity contribution is 0.713. The van der Waals surface area contributed by atoms with Crippen molar-refractivity contribution < 1.29 is 0 Å². The monoisotopic (exact) mass is 320 g/mol. The molecule has 5 heteroatoms. The fourth-order valence-corrected chi connectivity index (χ4v) is 4.66. The minimum absolute atomic E-state index is 0.772. The average molecular weight is 320 g/mol. The Morgan fingerprint density at radius 2 is 1.87 bits per heavy atom. The molecular weight excluding hydrogens is 304 g/mol. The van der Waals surface area contributed by atoms with Gasteiger partial charge < -0.3 is 0 Å². The van der Waals surface area contributed by atoms with Gasteiger partial charge in [-0.05, 0) is 31.2 Å². The van der Waals surface area contributed by atoms with Crippen molar-refractivity contribution in [3.05, 3.63) is 47.1 Å². The molecule has 0 atom stereocenters. The van der Waals surface area contributed by atoms with Gasteiger partial charge in [0.1, 0.15) is 11.2 Å². The normalized spacial score (nSPS) is 15.0. The first-order valence-corrected chi connectivity index (χ1v) is 8.93. The van der Waals surface area contributed by atoms with E-state index in [-0.39, 0.29) is 0 Å². The van der Waals surface area contributed by atoms with Gasteiger partial charge in [0.2, 0.25) is 0 Å². The van der Waals surface area contributed by atoms with E-state index >= 15 is 0 Å². The van der Waals surface area contributed by atoms with Crippen LogP contribution in [0.25, 0.3) is 27.3 Å². The van der Waals surface area contributed by atoms with Gasteiger partial charge in [-0.3, -0.25) is 0 Å². The van der Waals surface area contributed by atoms with E-state index in [9.17, 15) is 0 Å². The largest absolute Gasteiger partial charge is 0.225 e. The molecule has 0 fully saturated rings. The molecule has 114 valence electrons. The second kappa shape index (κ2) is 5.13. The Hall–Kier alpha value is -2.27. The molecule has 0 unspecified atom stereocenters. The molecule has 0 spiro atoms. The predicted octanol–water partition coefficient (Wildman–Crippen LogP) is 4.27. The van der Waals surface area contributed by atoms with E-state index < -0.39 is 0 Å². The first-order chi connectivity index (χ1) is 11.4. The zero-order chi connectivity index (χ0) is 15.2. The number of aryl methyl sites for hydroxylation is 2. The summed E-state index contributed by atoms with van der Waals surface area (Å²) in [6.07, 6.45) is 8.00. The lowest BCUT2D eigenvalue weighted by Gasteiger charge is -1.98. The molecule has 0 amide bonds. The molecule has 3 aromatic heterocycles. The summed E-state index contributed by atoms with van der Waals surface area (Å²) in [5, 5.41) is 5.86. The van der Waals surface area contributed by atoms with Gasteiger partial charge in [-0.1, -0.05) is 36.8 Å². The SMILES string of the molecule is c1ccc(-c2nc3c4c5c(sc4ncn3n2)CCCCC5)cc1. The fourth-order valence-electron chi connectivity index (χ4n) is 3.44. The summed E-state index contributed by atoms with van der Waals surface area (Å²) in [4.78, 5) is 12.1. The minimum Gasteiger partial charge on any atom is -0.225 e. The molecule has 0 saturated carbocycles. The lowest BCUT2D eigenvalue weighted by atomic mass is 10.1. The van der Waals surface area contributed by atoms with E-state index in [1.165, 1.54) is 41.5 Å². The smallest absolute Gasteiger partial charge is 0.182 e. The van der Waals surface area contributed by atoms with Crippen molar-refractivity contribution in [2.75, 3.05) is 0 Å². The van der Waals surface area contributed by atoms with Gasteiger partial charge in [0.15, 0.2) is 11.5 Å². The Morgan fingerprint density at radius 1 is 1.00 bits per heavy atom. The second-order valence-corrected chi connectivity index (χ2v) is 7.14. The Morgan fingerprint density at radius 3 is 2.78 bits per heavy atom.